The molecule has 11 rings (SSSR count). The Balaban J connectivity index is 1.18. The summed E-state index contributed by atoms with van der Waals surface area (Å²) >= 11 is 0. The Bertz CT molecular complexity index is 3070. The molecule has 5 heteroatoms. The van der Waals surface area contributed by atoms with E-state index in [2.05, 4.69) is 186 Å². The standard InChI is InChI=1S/C48H34N4Si/c1-53(2)44-28-34(26-27-37(44)46-47(53)45(31-16-6-3-7-17-31)49-48(50-46)32-18-8-4-9-19-32)52-41-25-15-13-23-36(41)39-29-38-35-22-12-14-24-40(35)51(42(38)30-43(39)52)33-20-10-5-11-21-33/h3-30H,1-2H3. The zero-order chi connectivity index (χ0) is 35.3. The first-order valence-corrected chi connectivity index (χ1v) is 21.3. The van der Waals surface area contributed by atoms with E-state index in [4.69, 9.17) is 9.97 Å². The van der Waals surface area contributed by atoms with Crippen LogP contribution in [0.5, 0.6) is 0 Å². The van der Waals surface area contributed by atoms with Crippen molar-refractivity contribution in [3.05, 3.63) is 170 Å². The van der Waals surface area contributed by atoms with E-state index in [1.54, 1.807) is 0 Å². The van der Waals surface area contributed by atoms with Gasteiger partial charge in [0.1, 0.15) is 8.07 Å². The highest BCUT2D eigenvalue weighted by atomic mass is 28.3. The Kier molecular flexibility index (Phi) is 6.37. The van der Waals surface area contributed by atoms with Crippen LogP contribution in [0.15, 0.2) is 170 Å². The Labute approximate surface area is 308 Å². The molecule has 1 aliphatic heterocycles. The minimum absolute atomic E-state index is 0.769. The van der Waals surface area contributed by atoms with Crippen molar-refractivity contribution in [1.29, 1.82) is 0 Å². The van der Waals surface area contributed by atoms with Crippen LogP contribution in [0, 0.1) is 0 Å². The second-order valence-corrected chi connectivity index (χ2v) is 18.9. The molecule has 4 heterocycles. The summed E-state index contributed by atoms with van der Waals surface area (Å²) < 4.78 is 4.89. The van der Waals surface area contributed by atoms with E-state index < -0.39 is 8.07 Å². The lowest BCUT2D eigenvalue weighted by atomic mass is 10.1. The number of hydrogen-bond acceptors (Lipinski definition) is 2. The molecule has 0 spiro atoms. The van der Waals surface area contributed by atoms with Gasteiger partial charge in [0.15, 0.2) is 5.82 Å². The molecule has 0 amide bonds. The van der Waals surface area contributed by atoms with Crippen molar-refractivity contribution in [2.24, 2.45) is 0 Å². The Morgan fingerprint density at radius 2 is 0.943 bits per heavy atom. The number of benzene rings is 7. The van der Waals surface area contributed by atoms with Gasteiger partial charge in [0.2, 0.25) is 0 Å². The van der Waals surface area contributed by atoms with Crippen LogP contribution in [0.4, 0.5) is 0 Å². The van der Waals surface area contributed by atoms with Crippen LogP contribution in [-0.2, 0) is 0 Å². The molecule has 0 radical (unpaired) electrons. The van der Waals surface area contributed by atoms with Gasteiger partial charge in [-0.1, -0.05) is 134 Å². The molecule has 53 heavy (non-hydrogen) atoms. The SMILES string of the molecule is C[Si]1(C)c2cc(-n3c4ccccc4c4cc5c6ccccc6n(-c6ccccc6)c5cc43)ccc2-c2nc(-c3ccccc3)nc(-c3ccccc3)c21. The van der Waals surface area contributed by atoms with Gasteiger partial charge in [0, 0.05) is 44.0 Å². The molecule has 0 saturated carbocycles. The van der Waals surface area contributed by atoms with Crippen LogP contribution in [0.3, 0.4) is 0 Å². The van der Waals surface area contributed by atoms with Crippen molar-refractivity contribution in [2.45, 2.75) is 13.1 Å². The summed E-state index contributed by atoms with van der Waals surface area (Å²) in [6, 6.07) is 61.3. The summed E-state index contributed by atoms with van der Waals surface area (Å²) in [6.07, 6.45) is 0. The predicted octanol–water partition coefficient (Wildman–Crippen LogP) is 10.8. The number of para-hydroxylation sites is 3. The molecule has 10 aromatic rings. The van der Waals surface area contributed by atoms with E-state index in [1.807, 2.05) is 6.07 Å². The smallest absolute Gasteiger partial charge is 0.160 e. The van der Waals surface area contributed by atoms with Crippen LogP contribution in [-0.4, -0.2) is 27.2 Å². The molecule has 1 aliphatic rings. The highest BCUT2D eigenvalue weighted by Crippen LogP contribution is 2.41. The molecule has 250 valence electrons. The molecule has 0 N–H and O–H groups in total. The van der Waals surface area contributed by atoms with Crippen LogP contribution in [0.25, 0.3) is 88.9 Å². The maximum absolute atomic E-state index is 5.35. The fourth-order valence-corrected chi connectivity index (χ4v) is 12.1. The van der Waals surface area contributed by atoms with Gasteiger partial charge in [-0.2, -0.15) is 0 Å². The maximum atomic E-state index is 5.35. The molecule has 0 saturated heterocycles. The summed E-state index contributed by atoms with van der Waals surface area (Å²) in [5.41, 5.74) is 12.7. The summed E-state index contributed by atoms with van der Waals surface area (Å²) in [4.78, 5) is 10.7. The van der Waals surface area contributed by atoms with Crippen molar-refractivity contribution in [3.8, 4) is 45.3 Å². The predicted molar refractivity (Wildman–Crippen MR) is 224 cm³/mol. The number of nitrogens with zero attached hydrogens (tertiary/aromatic N) is 4. The monoisotopic (exact) mass is 694 g/mol. The average molecular weight is 695 g/mol. The van der Waals surface area contributed by atoms with Crippen molar-refractivity contribution in [1.82, 2.24) is 19.1 Å². The Hall–Kier alpha value is -6.56. The summed E-state index contributed by atoms with van der Waals surface area (Å²) in [5, 5.41) is 7.75. The number of hydrogen-bond donors (Lipinski definition) is 0. The topological polar surface area (TPSA) is 35.6 Å². The first-order chi connectivity index (χ1) is 26.1. The van der Waals surface area contributed by atoms with Gasteiger partial charge in [-0.3, -0.25) is 0 Å². The molecule has 0 aliphatic carbocycles. The Morgan fingerprint density at radius 3 is 1.58 bits per heavy atom. The fourth-order valence-electron chi connectivity index (χ4n) is 8.86. The van der Waals surface area contributed by atoms with Crippen LogP contribution < -0.4 is 10.4 Å². The van der Waals surface area contributed by atoms with E-state index in [9.17, 15) is 0 Å². The van der Waals surface area contributed by atoms with E-state index in [0.717, 1.165) is 34.0 Å². The molecule has 3 aromatic heterocycles. The third-order valence-corrected chi connectivity index (χ3v) is 14.8. The molecule has 0 unspecified atom stereocenters. The van der Waals surface area contributed by atoms with Crippen molar-refractivity contribution >= 4 is 62.1 Å². The van der Waals surface area contributed by atoms with E-state index in [0.29, 0.717) is 0 Å². The molecule has 4 nitrogen and oxygen atoms in total. The minimum Gasteiger partial charge on any atom is -0.309 e. The second-order valence-electron chi connectivity index (χ2n) is 14.6. The first kappa shape index (κ1) is 30.1. The van der Waals surface area contributed by atoms with Gasteiger partial charge in [0.05, 0.1) is 33.5 Å². The van der Waals surface area contributed by atoms with Crippen LogP contribution in [0.2, 0.25) is 13.1 Å². The maximum Gasteiger partial charge on any atom is 0.160 e. The van der Waals surface area contributed by atoms with Gasteiger partial charge in [-0.25, -0.2) is 9.97 Å². The lowest BCUT2D eigenvalue weighted by molar-refractivity contribution is 1.17. The second kappa shape index (κ2) is 11.2. The van der Waals surface area contributed by atoms with E-state index in [1.165, 1.54) is 65.2 Å². The van der Waals surface area contributed by atoms with Gasteiger partial charge in [-0.15, -0.1) is 0 Å². The zero-order valence-electron chi connectivity index (χ0n) is 29.5. The summed E-state index contributed by atoms with van der Waals surface area (Å²) in [6.45, 7) is 4.93. The lowest BCUT2D eigenvalue weighted by Gasteiger charge is -2.22. The molecular formula is C48H34N4Si. The number of rotatable bonds is 4. The minimum atomic E-state index is -2.27. The van der Waals surface area contributed by atoms with Crippen molar-refractivity contribution in [2.75, 3.05) is 0 Å². The third-order valence-electron chi connectivity index (χ3n) is 11.3. The normalized spacial score (nSPS) is 13.2. The third kappa shape index (κ3) is 4.35. The average Bonchev–Trinajstić information content (AvgIpc) is 3.80. The Morgan fingerprint density at radius 1 is 0.415 bits per heavy atom. The van der Waals surface area contributed by atoms with Gasteiger partial charge in [-0.05, 0) is 64.5 Å². The van der Waals surface area contributed by atoms with Gasteiger partial charge >= 0.3 is 0 Å². The van der Waals surface area contributed by atoms with Crippen LogP contribution in [0.1, 0.15) is 0 Å². The molecule has 0 atom stereocenters. The molecular weight excluding hydrogens is 661 g/mol. The van der Waals surface area contributed by atoms with Gasteiger partial charge < -0.3 is 9.13 Å². The fraction of sp³-hybridized carbons (Fsp3) is 0.0417. The quantitative estimate of drug-likeness (QED) is 0.172. The number of aromatic nitrogens is 4. The van der Waals surface area contributed by atoms with Crippen molar-refractivity contribution in [3.63, 3.8) is 0 Å². The summed E-state index contributed by atoms with van der Waals surface area (Å²) in [5.74, 6) is 0.769. The van der Waals surface area contributed by atoms with Crippen LogP contribution >= 0.6 is 0 Å². The zero-order valence-corrected chi connectivity index (χ0v) is 30.5. The first-order valence-electron chi connectivity index (χ1n) is 18.3. The largest absolute Gasteiger partial charge is 0.309 e. The van der Waals surface area contributed by atoms with Crippen molar-refractivity contribution < 1.29 is 0 Å². The molecule has 7 aromatic carbocycles. The van der Waals surface area contributed by atoms with Gasteiger partial charge in [0.25, 0.3) is 0 Å². The number of fused-ring (bicyclic) bond motifs is 9. The van der Waals surface area contributed by atoms with E-state index in [-0.39, 0.29) is 0 Å². The van der Waals surface area contributed by atoms with E-state index >= 15 is 0 Å². The lowest BCUT2D eigenvalue weighted by Crippen LogP contribution is -2.50. The highest BCUT2D eigenvalue weighted by molar-refractivity contribution is 7.04. The molecule has 0 fully saturated rings. The summed E-state index contributed by atoms with van der Waals surface area (Å²) in [7, 11) is -2.27. The highest BCUT2D eigenvalue weighted by Gasteiger charge is 2.42. The molecule has 0 bridgehead atoms.